The zero-order valence-electron chi connectivity index (χ0n) is 14.8. The summed E-state index contributed by atoms with van der Waals surface area (Å²) in [6.07, 6.45) is 6.61. The fourth-order valence-corrected chi connectivity index (χ4v) is 5.13. The molecule has 0 amide bonds. The van der Waals surface area contributed by atoms with Crippen molar-refractivity contribution in [1.29, 1.82) is 0 Å². The smallest absolute Gasteiger partial charge is 0.235 e. The summed E-state index contributed by atoms with van der Waals surface area (Å²) >= 11 is 0. The van der Waals surface area contributed by atoms with Crippen molar-refractivity contribution in [1.82, 2.24) is 9.55 Å². The van der Waals surface area contributed by atoms with Crippen molar-refractivity contribution in [2.75, 3.05) is 23.7 Å². The number of oxazole rings is 1. The third-order valence-corrected chi connectivity index (χ3v) is 6.56. The summed E-state index contributed by atoms with van der Waals surface area (Å²) in [5, 5.41) is 0.849. The highest BCUT2D eigenvalue weighted by Crippen LogP contribution is 2.42. The molecule has 26 heavy (non-hydrogen) atoms. The lowest BCUT2D eigenvalue weighted by molar-refractivity contribution is 0.415. The molecule has 1 aliphatic rings. The molecule has 0 N–H and O–H groups in total. The lowest BCUT2D eigenvalue weighted by Gasteiger charge is -2.20. The molecule has 8 heteroatoms. The van der Waals surface area contributed by atoms with Crippen LogP contribution in [0.5, 0.6) is 5.75 Å². The lowest BCUT2D eigenvalue weighted by Crippen LogP contribution is -2.25. The van der Waals surface area contributed by atoms with E-state index in [0.717, 1.165) is 29.4 Å². The maximum Gasteiger partial charge on any atom is 0.235 e. The van der Waals surface area contributed by atoms with Crippen molar-refractivity contribution in [3.05, 3.63) is 30.9 Å². The van der Waals surface area contributed by atoms with Gasteiger partial charge >= 0.3 is 0 Å². The SMILES string of the molecule is CCCn1cc(-c2cnco2)c2c(N3CCCS3(=O)=O)cc(OC)cc21. The molecule has 0 saturated carbocycles. The molecular formula is C18H21N3O4S. The van der Waals surface area contributed by atoms with Crippen LogP contribution in [0.15, 0.2) is 35.3 Å². The van der Waals surface area contributed by atoms with Gasteiger partial charge in [-0.3, -0.25) is 4.31 Å². The summed E-state index contributed by atoms with van der Waals surface area (Å²) in [6, 6.07) is 3.73. The highest BCUT2D eigenvalue weighted by atomic mass is 32.2. The number of benzene rings is 1. The Bertz CT molecular complexity index is 1040. The fraction of sp³-hybridized carbons (Fsp3) is 0.389. The van der Waals surface area contributed by atoms with Gasteiger partial charge in [-0.05, 0) is 12.8 Å². The molecule has 0 aliphatic carbocycles. The van der Waals surface area contributed by atoms with Gasteiger partial charge in [-0.2, -0.15) is 0 Å². The number of hydrogen-bond donors (Lipinski definition) is 0. The van der Waals surface area contributed by atoms with Crippen molar-refractivity contribution in [3.8, 4) is 17.1 Å². The van der Waals surface area contributed by atoms with Crippen LogP contribution in [0.1, 0.15) is 19.8 Å². The van der Waals surface area contributed by atoms with E-state index in [9.17, 15) is 8.42 Å². The van der Waals surface area contributed by atoms with Crippen LogP contribution in [0.2, 0.25) is 0 Å². The molecule has 4 rings (SSSR count). The summed E-state index contributed by atoms with van der Waals surface area (Å²) < 4.78 is 39.7. The number of aromatic nitrogens is 2. The second-order valence-electron chi connectivity index (χ2n) is 6.38. The van der Waals surface area contributed by atoms with Gasteiger partial charge in [0, 0.05) is 42.4 Å². The van der Waals surface area contributed by atoms with Gasteiger partial charge in [0.2, 0.25) is 10.0 Å². The van der Waals surface area contributed by atoms with E-state index >= 15 is 0 Å². The van der Waals surface area contributed by atoms with Gasteiger partial charge in [0.15, 0.2) is 12.2 Å². The average molecular weight is 375 g/mol. The Labute approximate surface area is 152 Å². The maximum absolute atomic E-state index is 12.6. The molecule has 1 saturated heterocycles. The highest BCUT2D eigenvalue weighted by molar-refractivity contribution is 7.93. The molecule has 2 aromatic heterocycles. The molecule has 7 nitrogen and oxygen atoms in total. The molecule has 138 valence electrons. The number of ether oxygens (including phenoxy) is 1. The molecule has 0 atom stereocenters. The van der Waals surface area contributed by atoms with Crippen LogP contribution >= 0.6 is 0 Å². The summed E-state index contributed by atoms with van der Waals surface area (Å²) in [6.45, 7) is 3.38. The van der Waals surface area contributed by atoms with E-state index in [1.54, 1.807) is 19.4 Å². The minimum Gasteiger partial charge on any atom is -0.497 e. The monoisotopic (exact) mass is 375 g/mol. The second kappa shape index (κ2) is 6.35. The number of fused-ring (bicyclic) bond motifs is 1. The third kappa shape index (κ3) is 2.65. The summed E-state index contributed by atoms with van der Waals surface area (Å²) in [7, 11) is -1.73. The molecule has 0 unspecified atom stereocenters. The van der Waals surface area contributed by atoms with E-state index in [4.69, 9.17) is 9.15 Å². The first-order valence-corrected chi connectivity index (χ1v) is 10.3. The number of sulfonamides is 1. The van der Waals surface area contributed by atoms with Crippen LogP contribution in [-0.4, -0.2) is 37.4 Å². The zero-order chi connectivity index (χ0) is 18.3. The van der Waals surface area contributed by atoms with E-state index in [-0.39, 0.29) is 5.75 Å². The number of anilines is 1. The highest BCUT2D eigenvalue weighted by Gasteiger charge is 2.32. The van der Waals surface area contributed by atoms with E-state index < -0.39 is 10.0 Å². The fourth-order valence-electron chi connectivity index (χ4n) is 3.57. The summed E-state index contributed by atoms with van der Waals surface area (Å²) in [5.41, 5.74) is 2.40. The van der Waals surface area contributed by atoms with Gasteiger partial charge in [-0.25, -0.2) is 13.4 Å². The Morgan fingerprint density at radius 1 is 1.35 bits per heavy atom. The Hall–Kier alpha value is -2.48. The van der Waals surface area contributed by atoms with Crippen LogP contribution in [0.25, 0.3) is 22.2 Å². The lowest BCUT2D eigenvalue weighted by atomic mass is 10.1. The van der Waals surface area contributed by atoms with Crippen LogP contribution in [0.3, 0.4) is 0 Å². The molecule has 0 spiro atoms. The average Bonchev–Trinajstić information content (AvgIpc) is 3.33. The standard InChI is InChI=1S/C18H21N3O4S/c1-3-5-20-11-14(17-10-19-12-25-17)18-15(20)8-13(24-2)9-16(18)21-6-4-7-26(21,22)23/h8-12H,3-7H2,1-2H3. The normalized spacial score (nSPS) is 16.5. The molecule has 0 radical (unpaired) electrons. The molecule has 1 aliphatic heterocycles. The second-order valence-corrected chi connectivity index (χ2v) is 8.40. The van der Waals surface area contributed by atoms with Gasteiger partial charge in [-0.1, -0.05) is 6.92 Å². The minimum atomic E-state index is -3.32. The van der Waals surface area contributed by atoms with Crippen molar-refractivity contribution >= 4 is 26.6 Å². The topological polar surface area (TPSA) is 77.6 Å². The van der Waals surface area contributed by atoms with Gasteiger partial charge < -0.3 is 13.7 Å². The number of methoxy groups -OCH3 is 1. The Morgan fingerprint density at radius 2 is 2.19 bits per heavy atom. The van der Waals surface area contributed by atoms with E-state index in [1.165, 1.54) is 10.7 Å². The van der Waals surface area contributed by atoms with E-state index in [1.807, 2.05) is 12.3 Å². The quantitative estimate of drug-likeness (QED) is 0.684. The largest absolute Gasteiger partial charge is 0.497 e. The number of rotatable bonds is 5. The molecule has 0 bridgehead atoms. The predicted octanol–water partition coefficient (Wildman–Crippen LogP) is 3.25. The predicted molar refractivity (Wildman–Crippen MR) is 100 cm³/mol. The third-order valence-electron chi connectivity index (χ3n) is 4.70. The van der Waals surface area contributed by atoms with Crippen LogP contribution in [-0.2, 0) is 16.6 Å². The Kier molecular flexibility index (Phi) is 4.14. The molecule has 3 aromatic rings. The van der Waals surface area contributed by atoms with Gasteiger partial charge in [0.1, 0.15) is 5.75 Å². The van der Waals surface area contributed by atoms with Gasteiger partial charge in [-0.15, -0.1) is 0 Å². The van der Waals surface area contributed by atoms with Crippen molar-refractivity contribution < 1.29 is 17.6 Å². The molecule has 1 aromatic carbocycles. The molecule has 3 heterocycles. The van der Waals surface area contributed by atoms with Crippen LogP contribution in [0, 0.1) is 0 Å². The van der Waals surface area contributed by atoms with Crippen LogP contribution < -0.4 is 9.04 Å². The Morgan fingerprint density at radius 3 is 2.81 bits per heavy atom. The van der Waals surface area contributed by atoms with Crippen molar-refractivity contribution in [3.63, 3.8) is 0 Å². The molecular weight excluding hydrogens is 354 g/mol. The molecule has 1 fully saturated rings. The summed E-state index contributed by atoms with van der Waals surface area (Å²) in [5.74, 6) is 1.42. The van der Waals surface area contributed by atoms with Gasteiger partial charge in [0.05, 0.1) is 30.3 Å². The first kappa shape index (κ1) is 17.0. The first-order valence-electron chi connectivity index (χ1n) is 8.65. The number of nitrogens with zero attached hydrogens (tertiary/aromatic N) is 3. The number of hydrogen-bond acceptors (Lipinski definition) is 5. The van der Waals surface area contributed by atoms with Crippen LogP contribution in [0.4, 0.5) is 5.69 Å². The first-order chi connectivity index (χ1) is 12.5. The number of aryl methyl sites for hydroxylation is 1. The maximum atomic E-state index is 12.6. The minimum absolute atomic E-state index is 0.166. The Balaban J connectivity index is 2.06. The van der Waals surface area contributed by atoms with E-state index in [2.05, 4.69) is 16.5 Å². The van der Waals surface area contributed by atoms with Crippen molar-refractivity contribution in [2.24, 2.45) is 0 Å². The summed E-state index contributed by atoms with van der Waals surface area (Å²) in [4.78, 5) is 4.02. The van der Waals surface area contributed by atoms with Crippen molar-refractivity contribution in [2.45, 2.75) is 26.3 Å². The zero-order valence-corrected chi connectivity index (χ0v) is 15.6. The van der Waals surface area contributed by atoms with Gasteiger partial charge in [0.25, 0.3) is 0 Å². The van der Waals surface area contributed by atoms with E-state index in [0.29, 0.717) is 30.2 Å².